The highest BCUT2D eigenvalue weighted by Crippen LogP contribution is 2.24. The summed E-state index contributed by atoms with van der Waals surface area (Å²) in [5, 5.41) is 2.59. The first-order valence-corrected chi connectivity index (χ1v) is 6.54. The van der Waals surface area contributed by atoms with E-state index in [0.717, 1.165) is 13.0 Å². The summed E-state index contributed by atoms with van der Waals surface area (Å²) in [5.74, 6) is 0.999. The average Bonchev–Trinajstić information content (AvgIpc) is 2.83. The smallest absolute Gasteiger partial charge is 0.279 e. The predicted molar refractivity (Wildman–Crippen MR) is 63.1 cm³/mol. The van der Waals surface area contributed by atoms with E-state index in [1.54, 1.807) is 0 Å². The number of hydrogen-bond acceptors (Lipinski definition) is 4. The number of carbonyl (C=O) groups excluding carboxylic acids is 2. The zero-order valence-corrected chi connectivity index (χ0v) is 10.1. The highest BCUT2D eigenvalue weighted by Gasteiger charge is 2.37. The zero-order chi connectivity index (χ0) is 11.7. The standard InChI is InChI=1S/C10H17N3O2S/c1-6-2-7(3-11)4-13(6)9(14)8-5-16-10(15)12-8/h6-8H,2-5,11H2,1H3,(H,12,15)/t6?,7?,8-/m0/s1. The van der Waals surface area contributed by atoms with Crippen molar-refractivity contribution in [1.82, 2.24) is 10.2 Å². The number of nitrogens with one attached hydrogen (secondary N) is 1. The van der Waals surface area contributed by atoms with Crippen LogP contribution in [0.3, 0.4) is 0 Å². The second-order valence-electron chi connectivity index (χ2n) is 4.47. The Balaban J connectivity index is 1.97. The third kappa shape index (κ3) is 2.17. The Kier molecular flexibility index (Phi) is 3.39. The molecule has 0 aromatic rings. The van der Waals surface area contributed by atoms with E-state index in [4.69, 9.17) is 5.73 Å². The topological polar surface area (TPSA) is 75.4 Å². The van der Waals surface area contributed by atoms with E-state index >= 15 is 0 Å². The minimum atomic E-state index is -0.337. The van der Waals surface area contributed by atoms with Crippen molar-refractivity contribution in [1.29, 1.82) is 0 Å². The fourth-order valence-electron chi connectivity index (χ4n) is 2.34. The normalized spacial score (nSPS) is 34.2. The van der Waals surface area contributed by atoms with Crippen LogP contribution >= 0.6 is 11.8 Å². The number of carbonyl (C=O) groups is 2. The monoisotopic (exact) mass is 243 g/mol. The van der Waals surface area contributed by atoms with E-state index in [2.05, 4.69) is 5.32 Å². The van der Waals surface area contributed by atoms with E-state index in [9.17, 15) is 9.59 Å². The lowest BCUT2D eigenvalue weighted by atomic mass is 10.1. The van der Waals surface area contributed by atoms with Crippen LogP contribution in [0.15, 0.2) is 0 Å². The highest BCUT2D eigenvalue weighted by molar-refractivity contribution is 8.14. The van der Waals surface area contributed by atoms with Gasteiger partial charge in [0, 0.05) is 18.3 Å². The number of nitrogens with two attached hydrogens (primary N) is 1. The number of nitrogens with zero attached hydrogens (tertiary/aromatic N) is 1. The van der Waals surface area contributed by atoms with Crippen molar-refractivity contribution in [2.24, 2.45) is 11.7 Å². The minimum Gasteiger partial charge on any atom is -0.338 e. The lowest BCUT2D eigenvalue weighted by Gasteiger charge is -2.24. The van der Waals surface area contributed by atoms with Crippen LogP contribution in [0.4, 0.5) is 4.79 Å². The molecule has 0 aliphatic carbocycles. The second kappa shape index (κ2) is 4.63. The average molecular weight is 243 g/mol. The highest BCUT2D eigenvalue weighted by atomic mass is 32.2. The van der Waals surface area contributed by atoms with Crippen LogP contribution in [0.1, 0.15) is 13.3 Å². The van der Waals surface area contributed by atoms with Gasteiger partial charge < -0.3 is 16.0 Å². The molecule has 90 valence electrons. The molecule has 0 aromatic carbocycles. The van der Waals surface area contributed by atoms with E-state index in [0.29, 0.717) is 18.2 Å². The third-order valence-electron chi connectivity index (χ3n) is 3.25. The number of thioether (sulfide) groups is 1. The summed E-state index contributed by atoms with van der Waals surface area (Å²) in [6, 6.07) is -0.0972. The van der Waals surface area contributed by atoms with Gasteiger partial charge in [-0.2, -0.15) is 0 Å². The molecule has 2 amide bonds. The number of amides is 2. The van der Waals surface area contributed by atoms with Gasteiger partial charge >= 0.3 is 0 Å². The van der Waals surface area contributed by atoms with Crippen molar-refractivity contribution in [3.63, 3.8) is 0 Å². The molecule has 0 saturated carbocycles. The van der Waals surface area contributed by atoms with Gasteiger partial charge in [-0.05, 0) is 25.8 Å². The molecule has 0 spiro atoms. The molecule has 2 unspecified atom stereocenters. The molecule has 0 radical (unpaired) electrons. The molecule has 2 fully saturated rings. The Morgan fingerprint density at radius 1 is 1.69 bits per heavy atom. The molecular weight excluding hydrogens is 226 g/mol. The van der Waals surface area contributed by atoms with Gasteiger partial charge in [0.2, 0.25) is 5.91 Å². The maximum absolute atomic E-state index is 12.1. The van der Waals surface area contributed by atoms with Gasteiger partial charge in [0.15, 0.2) is 0 Å². The Bertz CT molecular complexity index is 310. The van der Waals surface area contributed by atoms with Crippen molar-refractivity contribution < 1.29 is 9.59 Å². The van der Waals surface area contributed by atoms with Gasteiger partial charge in [0.1, 0.15) is 6.04 Å². The van der Waals surface area contributed by atoms with Gasteiger partial charge in [-0.3, -0.25) is 9.59 Å². The maximum Gasteiger partial charge on any atom is 0.279 e. The first-order valence-electron chi connectivity index (χ1n) is 5.55. The Morgan fingerprint density at radius 2 is 2.44 bits per heavy atom. The van der Waals surface area contributed by atoms with Crippen molar-refractivity contribution in [2.75, 3.05) is 18.8 Å². The molecule has 0 bridgehead atoms. The van der Waals surface area contributed by atoms with Crippen LogP contribution in [-0.2, 0) is 4.79 Å². The van der Waals surface area contributed by atoms with Crippen LogP contribution < -0.4 is 11.1 Å². The molecule has 0 aromatic heterocycles. The summed E-state index contributed by atoms with van der Waals surface area (Å²) >= 11 is 1.18. The summed E-state index contributed by atoms with van der Waals surface area (Å²) in [6.45, 7) is 3.39. The summed E-state index contributed by atoms with van der Waals surface area (Å²) < 4.78 is 0. The molecule has 2 rings (SSSR count). The van der Waals surface area contributed by atoms with Crippen molar-refractivity contribution in [3.05, 3.63) is 0 Å². The fraction of sp³-hybridized carbons (Fsp3) is 0.800. The predicted octanol–water partition coefficient (Wildman–Crippen LogP) is 0.00710. The minimum absolute atomic E-state index is 0.0433. The third-order valence-corrected chi connectivity index (χ3v) is 4.13. The molecule has 3 atom stereocenters. The van der Waals surface area contributed by atoms with Crippen LogP contribution in [0, 0.1) is 5.92 Å². The Morgan fingerprint density at radius 3 is 2.94 bits per heavy atom. The lowest BCUT2D eigenvalue weighted by molar-refractivity contribution is -0.133. The summed E-state index contributed by atoms with van der Waals surface area (Å²) in [7, 11) is 0. The van der Waals surface area contributed by atoms with Crippen molar-refractivity contribution in [3.8, 4) is 0 Å². The van der Waals surface area contributed by atoms with Crippen LogP contribution in [0.2, 0.25) is 0 Å². The number of rotatable bonds is 2. The molecule has 2 heterocycles. The molecule has 16 heavy (non-hydrogen) atoms. The van der Waals surface area contributed by atoms with Gasteiger partial charge in [0.25, 0.3) is 5.24 Å². The maximum atomic E-state index is 12.1. The van der Waals surface area contributed by atoms with E-state index in [-0.39, 0.29) is 23.2 Å². The molecule has 3 N–H and O–H groups in total. The van der Waals surface area contributed by atoms with Gasteiger partial charge in [0.05, 0.1) is 0 Å². The first kappa shape index (κ1) is 11.7. The largest absolute Gasteiger partial charge is 0.338 e. The van der Waals surface area contributed by atoms with E-state index in [1.807, 2.05) is 11.8 Å². The van der Waals surface area contributed by atoms with Gasteiger partial charge in [-0.25, -0.2) is 0 Å². The molecule has 2 saturated heterocycles. The van der Waals surface area contributed by atoms with Crippen LogP contribution in [0.5, 0.6) is 0 Å². The van der Waals surface area contributed by atoms with Gasteiger partial charge in [-0.1, -0.05) is 11.8 Å². The SMILES string of the molecule is CC1CC(CN)CN1C(=O)[C@@H]1CSC(=O)N1. The zero-order valence-electron chi connectivity index (χ0n) is 9.31. The quantitative estimate of drug-likeness (QED) is 0.716. The summed E-state index contributed by atoms with van der Waals surface area (Å²) in [4.78, 5) is 25.0. The molecule has 5 nitrogen and oxygen atoms in total. The molecular formula is C10H17N3O2S. The fourth-order valence-corrected chi connectivity index (χ4v) is 3.11. The molecule has 6 heteroatoms. The number of likely N-dealkylation sites (tertiary alicyclic amines) is 1. The lowest BCUT2D eigenvalue weighted by Crippen LogP contribution is -2.47. The van der Waals surface area contributed by atoms with Gasteiger partial charge in [-0.15, -0.1) is 0 Å². The van der Waals surface area contributed by atoms with E-state index < -0.39 is 0 Å². The van der Waals surface area contributed by atoms with Crippen LogP contribution in [0.25, 0.3) is 0 Å². The van der Waals surface area contributed by atoms with Crippen molar-refractivity contribution >= 4 is 22.9 Å². The summed E-state index contributed by atoms with van der Waals surface area (Å²) in [5.41, 5.74) is 5.62. The van der Waals surface area contributed by atoms with E-state index in [1.165, 1.54) is 11.8 Å². The molecule has 2 aliphatic rings. The van der Waals surface area contributed by atoms with Crippen molar-refractivity contribution in [2.45, 2.75) is 25.4 Å². The Labute approximate surface area is 99.1 Å². The first-order chi connectivity index (χ1) is 7.61. The number of hydrogen-bond donors (Lipinski definition) is 2. The molecule has 2 aliphatic heterocycles. The van der Waals surface area contributed by atoms with Crippen LogP contribution in [-0.4, -0.2) is 47.0 Å². The Hall–Kier alpha value is -0.750. The second-order valence-corrected chi connectivity index (χ2v) is 5.47. The summed E-state index contributed by atoms with van der Waals surface area (Å²) in [6.07, 6.45) is 0.968.